The van der Waals surface area contributed by atoms with E-state index < -0.39 is 6.04 Å². The molecule has 0 unspecified atom stereocenters. The van der Waals surface area contributed by atoms with Gasteiger partial charge in [-0.2, -0.15) is 0 Å². The smallest absolute Gasteiger partial charge is 0.223 e. The fourth-order valence-corrected chi connectivity index (χ4v) is 3.58. The van der Waals surface area contributed by atoms with Gasteiger partial charge in [-0.25, -0.2) is 0 Å². The van der Waals surface area contributed by atoms with Crippen LogP contribution in [0.1, 0.15) is 65.9 Å². The summed E-state index contributed by atoms with van der Waals surface area (Å²) in [4.78, 5) is 36.8. The Labute approximate surface area is 186 Å². The predicted molar refractivity (Wildman–Crippen MR) is 126 cm³/mol. The summed E-state index contributed by atoms with van der Waals surface area (Å²) in [6.45, 7) is 9.30. The van der Waals surface area contributed by atoms with E-state index in [0.29, 0.717) is 19.3 Å². The quantitative estimate of drug-likeness (QED) is 0.587. The van der Waals surface area contributed by atoms with Gasteiger partial charge in [-0.05, 0) is 63.3 Å². The Morgan fingerprint density at radius 2 is 1.61 bits per heavy atom. The van der Waals surface area contributed by atoms with Gasteiger partial charge in [0.2, 0.25) is 11.8 Å². The van der Waals surface area contributed by atoms with Gasteiger partial charge in [0.1, 0.15) is 0 Å². The number of carbonyl (C=O) groups is 3. The van der Waals surface area contributed by atoms with Crippen LogP contribution >= 0.6 is 0 Å². The van der Waals surface area contributed by atoms with Crippen molar-refractivity contribution in [1.82, 2.24) is 10.6 Å². The minimum Gasteiger partial charge on any atom is -0.352 e. The van der Waals surface area contributed by atoms with Gasteiger partial charge < -0.3 is 10.6 Å². The van der Waals surface area contributed by atoms with E-state index in [2.05, 4.69) is 34.9 Å². The van der Waals surface area contributed by atoms with Crippen LogP contribution in [0, 0.1) is 5.92 Å². The molecule has 0 aromatic heterocycles. The third kappa shape index (κ3) is 8.16. The van der Waals surface area contributed by atoms with Crippen molar-refractivity contribution in [3.63, 3.8) is 0 Å². The minimum atomic E-state index is -0.522. The average molecular weight is 425 g/mol. The van der Waals surface area contributed by atoms with E-state index in [9.17, 15) is 14.4 Å². The number of hydrogen-bond acceptors (Lipinski definition) is 3. The van der Waals surface area contributed by atoms with Crippen LogP contribution in [-0.4, -0.2) is 29.2 Å². The molecule has 2 amide bonds. The molecular weight excluding hydrogens is 388 g/mol. The molecule has 2 aromatic carbocycles. The number of Topliss-reactive ketones (excluding diaryl/α,β-unsaturated/α-hetero) is 1. The van der Waals surface area contributed by atoms with Gasteiger partial charge >= 0.3 is 0 Å². The van der Waals surface area contributed by atoms with Crippen LogP contribution in [0.3, 0.4) is 0 Å². The summed E-state index contributed by atoms with van der Waals surface area (Å²) in [6, 6.07) is 14.0. The average Bonchev–Trinajstić information content (AvgIpc) is 2.70. The van der Waals surface area contributed by atoms with Crippen molar-refractivity contribution < 1.29 is 14.4 Å². The van der Waals surface area contributed by atoms with Gasteiger partial charge in [-0.3, -0.25) is 14.4 Å². The summed E-state index contributed by atoms with van der Waals surface area (Å²) in [7, 11) is 0. The largest absolute Gasteiger partial charge is 0.352 e. The Bertz CT molecular complexity index is 909. The van der Waals surface area contributed by atoms with Gasteiger partial charge in [0, 0.05) is 24.3 Å². The first-order chi connectivity index (χ1) is 14.6. The molecule has 0 spiro atoms. The van der Waals surface area contributed by atoms with E-state index in [4.69, 9.17) is 0 Å². The van der Waals surface area contributed by atoms with Gasteiger partial charge in [0.15, 0.2) is 5.78 Å². The molecule has 0 aliphatic carbocycles. The van der Waals surface area contributed by atoms with Crippen LogP contribution in [-0.2, 0) is 20.8 Å². The second-order valence-electron chi connectivity index (χ2n) is 9.43. The zero-order valence-corrected chi connectivity index (χ0v) is 19.5. The number of nitrogens with one attached hydrogen (secondary N) is 2. The predicted octanol–water partition coefficient (Wildman–Crippen LogP) is 4.57. The first-order valence-corrected chi connectivity index (χ1v) is 11.2. The maximum atomic E-state index is 12.5. The lowest BCUT2D eigenvalue weighted by molar-refractivity contribution is -0.130. The molecule has 2 atom stereocenters. The van der Waals surface area contributed by atoms with Crippen LogP contribution in [0.25, 0.3) is 10.8 Å². The topological polar surface area (TPSA) is 75.3 Å². The molecule has 0 radical (unpaired) electrons. The Morgan fingerprint density at radius 1 is 0.935 bits per heavy atom. The van der Waals surface area contributed by atoms with Crippen molar-refractivity contribution in [2.75, 3.05) is 0 Å². The Morgan fingerprint density at radius 3 is 2.32 bits per heavy atom. The number of ketones is 1. The molecule has 2 rings (SSSR count). The summed E-state index contributed by atoms with van der Waals surface area (Å²) >= 11 is 0. The number of fused-ring (bicyclic) bond motifs is 1. The lowest BCUT2D eigenvalue weighted by atomic mass is 9.98. The lowest BCUT2D eigenvalue weighted by Gasteiger charge is -2.21. The highest BCUT2D eigenvalue weighted by Crippen LogP contribution is 2.20. The first-order valence-electron chi connectivity index (χ1n) is 11.2. The highest BCUT2D eigenvalue weighted by atomic mass is 16.2. The summed E-state index contributed by atoms with van der Waals surface area (Å²) in [5, 5.41) is 8.14. The van der Waals surface area contributed by atoms with E-state index in [1.54, 1.807) is 13.8 Å². The second-order valence-corrected chi connectivity index (χ2v) is 9.43. The van der Waals surface area contributed by atoms with Crippen LogP contribution in [0.4, 0.5) is 0 Å². The Hall–Kier alpha value is -2.69. The summed E-state index contributed by atoms with van der Waals surface area (Å²) in [5.74, 6) is -0.536. The summed E-state index contributed by atoms with van der Waals surface area (Å²) in [5.41, 5.74) is 0.958. The Balaban J connectivity index is 1.75. The normalized spacial score (nSPS) is 13.5. The van der Waals surface area contributed by atoms with Crippen LogP contribution in [0.2, 0.25) is 0 Å². The molecule has 0 fully saturated rings. The molecule has 5 heteroatoms. The van der Waals surface area contributed by atoms with Crippen molar-refractivity contribution in [2.24, 2.45) is 5.92 Å². The van der Waals surface area contributed by atoms with E-state index >= 15 is 0 Å². The molecule has 2 N–H and O–H groups in total. The number of amides is 2. The maximum Gasteiger partial charge on any atom is 0.223 e. The third-order valence-electron chi connectivity index (χ3n) is 5.36. The third-order valence-corrected chi connectivity index (χ3v) is 5.36. The van der Waals surface area contributed by atoms with Crippen molar-refractivity contribution in [3.8, 4) is 0 Å². The molecule has 168 valence electrons. The fourth-order valence-electron chi connectivity index (χ4n) is 3.58. The van der Waals surface area contributed by atoms with Gasteiger partial charge in [0.25, 0.3) is 0 Å². The fraction of sp³-hybridized carbons (Fsp3) is 0.500. The van der Waals surface area contributed by atoms with Gasteiger partial charge in [0.05, 0.1) is 6.04 Å². The highest BCUT2D eigenvalue weighted by molar-refractivity contribution is 5.90. The van der Waals surface area contributed by atoms with Crippen molar-refractivity contribution in [3.05, 3.63) is 48.0 Å². The minimum absolute atomic E-state index is 0.0336. The lowest BCUT2D eigenvalue weighted by Crippen LogP contribution is -2.42. The van der Waals surface area contributed by atoms with E-state index in [1.165, 1.54) is 16.3 Å². The van der Waals surface area contributed by atoms with Crippen molar-refractivity contribution in [1.29, 1.82) is 0 Å². The zero-order valence-electron chi connectivity index (χ0n) is 19.5. The maximum absolute atomic E-state index is 12.5. The van der Waals surface area contributed by atoms with Crippen LogP contribution in [0.5, 0.6) is 0 Å². The molecule has 0 aliphatic heterocycles. The monoisotopic (exact) mass is 424 g/mol. The second kappa shape index (κ2) is 11.1. The molecular formula is C26H36N2O3. The Kier molecular flexibility index (Phi) is 8.78. The first kappa shape index (κ1) is 24.6. The van der Waals surface area contributed by atoms with E-state index in [1.807, 2.05) is 39.0 Å². The standard InChI is InChI=1S/C26H36N2O3/c1-18(16-17-24(30)28-26(3,4)5)25(31)27-19(2)23(29)15-9-13-21-12-8-11-20-10-6-7-14-22(20)21/h6-8,10-12,14,18-19H,9,13,15-17H2,1-5H3,(H,27,31)(H,28,30)/t18-,19-/m0/s1. The molecule has 2 aromatic rings. The molecule has 0 bridgehead atoms. The molecule has 5 nitrogen and oxygen atoms in total. The van der Waals surface area contributed by atoms with Gasteiger partial charge in [-0.15, -0.1) is 0 Å². The molecule has 0 heterocycles. The van der Waals surface area contributed by atoms with E-state index in [-0.39, 0.29) is 29.1 Å². The van der Waals surface area contributed by atoms with E-state index in [0.717, 1.165) is 12.8 Å². The molecule has 0 saturated carbocycles. The summed E-state index contributed by atoms with van der Waals surface area (Å²) < 4.78 is 0. The van der Waals surface area contributed by atoms with Crippen molar-refractivity contribution in [2.45, 2.75) is 78.3 Å². The SMILES string of the molecule is C[C@H](NC(=O)[C@@H](C)CCC(=O)NC(C)(C)C)C(=O)CCCc1cccc2ccccc12. The molecule has 31 heavy (non-hydrogen) atoms. The molecule has 0 saturated heterocycles. The van der Waals surface area contributed by atoms with Crippen LogP contribution in [0.15, 0.2) is 42.5 Å². The highest BCUT2D eigenvalue weighted by Gasteiger charge is 2.21. The van der Waals surface area contributed by atoms with Crippen LogP contribution < -0.4 is 10.6 Å². The number of rotatable bonds is 10. The number of aryl methyl sites for hydroxylation is 1. The number of carbonyl (C=O) groups excluding carboxylic acids is 3. The van der Waals surface area contributed by atoms with Crippen molar-refractivity contribution >= 4 is 28.4 Å². The molecule has 0 aliphatic rings. The number of hydrogen-bond donors (Lipinski definition) is 2. The van der Waals surface area contributed by atoms with Gasteiger partial charge in [-0.1, -0.05) is 49.4 Å². The summed E-state index contributed by atoms with van der Waals surface area (Å²) in [6.07, 6.45) is 2.74. The number of benzene rings is 2. The zero-order chi connectivity index (χ0) is 23.0.